The number of anilines is 1. The van der Waals surface area contributed by atoms with Crippen LogP contribution in [0.4, 0.5) is 5.95 Å². The van der Waals surface area contributed by atoms with Crippen molar-refractivity contribution in [2.75, 3.05) is 19.5 Å². The van der Waals surface area contributed by atoms with Crippen molar-refractivity contribution in [2.24, 2.45) is 0 Å². The first kappa shape index (κ1) is 18.1. The van der Waals surface area contributed by atoms with Gasteiger partial charge in [0.25, 0.3) is 0 Å². The summed E-state index contributed by atoms with van der Waals surface area (Å²) in [4.78, 5) is 4.37. The molecule has 0 bridgehead atoms. The average molecular weight is 376 g/mol. The van der Waals surface area contributed by atoms with Crippen molar-refractivity contribution in [2.45, 2.75) is 25.8 Å². The first-order chi connectivity index (χ1) is 13.6. The van der Waals surface area contributed by atoms with Crippen LogP contribution >= 0.6 is 0 Å². The lowest BCUT2D eigenvalue weighted by Crippen LogP contribution is -2.20. The van der Waals surface area contributed by atoms with Crippen LogP contribution < -0.4 is 14.8 Å². The van der Waals surface area contributed by atoms with Crippen molar-refractivity contribution in [1.29, 1.82) is 0 Å². The van der Waals surface area contributed by atoms with Crippen molar-refractivity contribution in [1.82, 2.24) is 14.8 Å². The molecular weight excluding hydrogens is 352 g/mol. The lowest BCUT2D eigenvalue weighted by Gasteiger charge is -2.25. The molecule has 1 N–H and O–H groups in total. The van der Waals surface area contributed by atoms with Gasteiger partial charge in [0.2, 0.25) is 5.95 Å². The second-order valence-electron chi connectivity index (χ2n) is 7.07. The molecule has 6 heteroatoms. The summed E-state index contributed by atoms with van der Waals surface area (Å²) in [6.07, 6.45) is 3.72. The van der Waals surface area contributed by atoms with E-state index in [1.165, 1.54) is 5.56 Å². The topological polar surface area (TPSA) is 61.2 Å². The molecule has 0 fully saturated rings. The van der Waals surface area contributed by atoms with Crippen LogP contribution in [0.15, 0.2) is 54.9 Å². The van der Waals surface area contributed by atoms with E-state index in [0.717, 1.165) is 16.8 Å². The number of nitrogens with zero attached hydrogens (tertiary/aromatic N) is 3. The van der Waals surface area contributed by atoms with Crippen LogP contribution in [0, 0.1) is 0 Å². The summed E-state index contributed by atoms with van der Waals surface area (Å²) in [6, 6.07) is 14.5. The minimum absolute atomic E-state index is 0.0988. The summed E-state index contributed by atoms with van der Waals surface area (Å²) < 4.78 is 12.7. The zero-order valence-electron chi connectivity index (χ0n) is 16.5. The Labute approximate surface area is 164 Å². The Morgan fingerprint density at radius 1 is 1.00 bits per heavy atom. The van der Waals surface area contributed by atoms with E-state index in [0.29, 0.717) is 23.4 Å². The maximum atomic E-state index is 5.48. The van der Waals surface area contributed by atoms with Crippen molar-refractivity contribution >= 4 is 11.6 Å². The van der Waals surface area contributed by atoms with Crippen molar-refractivity contribution in [3.8, 4) is 11.5 Å². The molecule has 4 rings (SSSR count). The lowest BCUT2D eigenvalue weighted by molar-refractivity contribution is 0.354. The number of hydrogen-bond donors (Lipinski definition) is 1. The molecule has 0 spiro atoms. The summed E-state index contributed by atoms with van der Waals surface area (Å²) in [5.74, 6) is 2.61. The van der Waals surface area contributed by atoms with Gasteiger partial charge in [0, 0.05) is 5.70 Å². The number of aromatic nitrogens is 3. The third-order valence-electron chi connectivity index (χ3n) is 5.05. The average Bonchev–Trinajstić information content (AvgIpc) is 3.21. The SMILES string of the molecule is COc1ccc([C@H]2C=C(c3ccc(C(C)C)cc3)Nc3ncnn32)cc1OC. The fourth-order valence-electron chi connectivity index (χ4n) is 3.42. The molecule has 6 nitrogen and oxygen atoms in total. The molecule has 0 radical (unpaired) electrons. The van der Waals surface area contributed by atoms with E-state index in [1.807, 2.05) is 22.9 Å². The van der Waals surface area contributed by atoms with E-state index >= 15 is 0 Å². The van der Waals surface area contributed by atoms with E-state index in [9.17, 15) is 0 Å². The minimum atomic E-state index is -0.0988. The van der Waals surface area contributed by atoms with Crippen LogP contribution in [0.1, 0.15) is 42.5 Å². The fourth-order valence-corrected chi connectivity index (χ4v) is 3.42. The molecule has 0 saturated heterocycles. The number of allylic oxidation sites excluding steroid dienone is 1. The number of ether oxygens (including phenoxy) is 2. The van der Waals surface area contributed by atoms with Gasteiger partial charge >= 0.3 is 0 Å². The number of benzene rings is 2. The molecule has 1 atom stereocenters. The number of hydrogen-bond acceptors (Lipinski definition) is 5. The molecule has 0 unspecified atom stereocenters. The Hall–Kier alpha value is -3.28. The predicted octanol–water partition coefficient (Wildman–Crippen LogP) is 4.47. The molecule has 2 aromatic carbocycles. The number of nitrogens with one attached hydrogen (secondary N) is 1. The maximum absolute atomic E-state index is 5.48. The highest BCUT2D eigenvalue weighted by Crippen LogP contribution is 2.36. The summed E-state index contributed by atoms with van der Waals surface area (Å²) >= 11 is 0. The van der Waals surface area contributed by atoms with E-state index < -0.39 is 0 Å². The molecule has 0 saturated carbocycles. The third kappa shape index (κ3) is 3.22. The first-order valence-corrected chi connectivity index (χ1v) is 9.31. The Kier molecular flexibility index (Phi) is 4.77. The summed E-state index contributed by atoms with van der Waals surface area (Å²) in [5.41, 5.74) is 4.49. The van der Waals surface area contributed by atoms with Gasteiger partial charge in [-0.25, -0.2) is 4.68 Å². The third-order valence-corrected chi connectivity index (χ3v) is 5.05. The molecule has 3 aromatic rings. The summed E-state index contributed by atoms with van der Waals surface area (Å²) in [5, 5.41) is 7.79. The van der Waals surface area contributed by atoms with Crippen LogP contribution in [-0.2, 0) is 0 Å². The fraction of sp³-hybridized carbons (Fsp3) is 0.273. The van der Waals surface area contributed by atoms with Crippen molar-refractivity contribution in [3.05, 3.63) is 71.6 Å². The van der Waals surface area contributed by atoms with Crippen LogP contribution in [-0.4, -0.2) is 29.0 Å². The lowest BCUT2D eigenvalue weighted by atomic mass is 9.98. The van der Waals surface area contributed by atoms with Crippen LogP contribution in [0.3, 0.4) is 0 Å². The maximum Gasteiger partial charge on any atom is 0.226 e. The Morgan fingerprint density at radius 2 is 1.75 bits per heavy atom. The molecule has 144 valence electrons. The summed E-state index contributed by atoms with van der Waals surface area (Å²) in [7, 11) is 3.28. The largest absolute Gasteiger partial charge is 0.493 e. The van der Waals surface area contributed by atoms with Crippen LogP contribution in [0.5, 0.6) is 11.5 Å². The van der Waals surface area contributed by atoms with Gasteiger partial charge in [-0.15, -0.1) is 0 Å². The van der Waals surface area contributed by atoms with E-state index in [4.69, 9.17) is 9.47 Å². The van der Waals surface area contributed by atoms with Crippen LogP contribution in [0.25, 0.3) is 5.70 Å². The van der Waals surface area contributed by atoms with Gasteiger partial charge in [0.15, 0.2) is 11.5 Å². The molecular formula is C22H24N4O2. The number of rotatable bonds is 5. The monoisotopic (exact) mass is 376 g/mol. The van der Waals surface area contributed by atoms with Gasteiger partial charge in [0.1, 0.15) is 12.4 Å². The van der Waals surface area contributed by atoms with E-state index in [-0.39, 0.29) is 6.04 Å². The van der Waals surface area contributed by atoms with Crippen molar-refractivity contribution < 1.29 is 9.47 Å². The number of fused-ring (bicyclic) bond motifs is 1. The standard InChI is InChI=1S/C22H24N4O2/c1-14(2)15-5-7-16(8-6-15)18-12-19(26-22(25-18)23-13-24-26)17-9-10-20(27-3)21(11-17)28-4/h5-14,19H,1-4H3,(H,23,24,25)/t19-/m1/s1. The second kappa shape index (κ2) is 7.38. The smallest absolute Gasteiger partial charge is 0.226 e. The Bertz CT molecular complexity index is 1010. The Balaban J connectivity index is 1.75. The molecule has 28 heavy (non-hydrogen) atoms. The zero-order chi connectivity index (χ0) is 19.7. The highest BCUT2D eigenvalue weighted by molar-refractivity contribution is 5.77. The molecule has 0 aliphatic carbocycles. The molecule has 0 amide bonds. The normalized spacial score (nSPS) is 15.6. The van der Waals surface area contributed by atoms with Gasteiger partial charge in [-0.05, 0) is 40.8 Å². The van der Waals surface area contributed by atoms with E-state index in [1.54, 1.807) is 20.5 Å². The Morgan fingerprint density at radius 3 is 2.43 bits per heavy atom. The van der Waals surface area contributed by atoms with Gasteiger partial charge in [0.05, 0.1) is 14.2 Å². The van der Waals surface area contributed by atoms with Gasteiger partial charge in [-0.3, -0.25) is 0 Å². The van der Waals surface area contributed by atoms with Gasteiger partial charge in [-0.1, -0.05) is 44.2 Å². The summed E-state index contributed by atoms with van der Waals surface area (Å²) in [6.45, 7) is 4.39. The van der Waals surface area contributed by atoms with Crippen molar-refractivity contribution in [3.63, 3.8) is 0 Å². The first-order valence-electron chi connectivity index (χ1n) is 9.31. The number of methoxy groups -OCH3 is 2. The zero-order valence-corrected chi connectivity index (χ0v) is 16.5. The molecule has 1 aromatic heterocycles. The van der Waals surface area contributed by atoms with Gasteiger partial charge in [-0.2, -0.15) is 10.1 Å². The highest BCUT2D eigenvalue weighted by Gasteiger charge is 2.24. The highest BCUT2D eigenvalue weighted by atomic mass is 16.5. The quantitative estimate of drug-likeness (QED) is 0.712. The molecule has 1 aliphatic rings. The second-order valence-corrected chi connectivity index (χ2v) is 7.07. The van der Waals surface area contributed by atoms with Crippen LogP contribution in [0.2, 0.25) is 0 Å². The predicted molar refractivity (Wildman–Crippen MR) is 110 cm³/mol. The molecule has 1 aliphatic heterocycles. The molecule has 2 heterocycles. The minimum Gasteiger partial charge on any atom is -0.493 e. The van der Waals surface area contributed by atoms with E-state index in [2.05, 4.69) is 59.6 Å². The van der Waals surface area contributed by atoms with Gasteiger partial charge < -0.3 is 14.8 Å².